The van der Waals surface area contributed by atoms with Crippen LogP contribution < -0.4 is 20.7 Å². The van der Waals surface area contributed by atoms with Gasteiger partial charge in [-0.25, -0.2) is 15.6 Å². The van der Waals surface area contributed by atoms with Crippen LogP contribution in [0.2, 0.25) is 0 Å². The van der Waals surface area contributed by atoms with Gasteiger partial charge in [-0.05, 0) is 24.3 Å². The van der Waals surface area contributed by atoms with Crippen LogP contribution in [0.4, 0.5) is 14.8 Å². The van der Waals surface area contributed by atoms with Crippen molar-refractivity contribution in [1.29, 1.82) is 0 Å². The van der Waals surface area contributed by atoms with Crippen LogP contribution in [0.1, 0.15) is 9.75 Å². The quantitative estimate of drug-likeness (QED) is 0.522. The number of nitrogens with zero attached hydrogens (tertiary/aromatic N) is 4. The average Bonchev–Trinajstić information content (AvgIpc) is 3.45. The van der Waals surface area contributed by atoms with E-state index in [1.54, 1.807) is 35.1 Å². The number of thiophene rings is 2. The Kier molecular flexibility index (Phi) is 7.29. The molecule has 4 rings (SSSR count). The minimum atomic E-state index is -0.489. The summed E-state index contributed by atoms with van der Waals surface area (Å²) in [6.07, 6.45) is 3.26. The standard InChI is InChI=1S/C19H24N6O3S2/c26-19(22-20-13-15-1-3-17(29-15)24-5-9-27-10-6-24)23-21-14-16-2-4-18(30-16)25-7-11-28-12-8-25/h1-4,13-14H,5-12H2,(H2,22,23,26). The van der Waals surface area contributed by atoms with Gasteiger partial charge in [0.05, 0.1) is 48.9 Å². The number of hydrogen-bond donors (Lipinski definition) is 2. The summed E-state index contributed by atoms with van der Waals surface area (Å²) in [6.45, 7) is 6.60. The summed E-state index contributed by atoms with van der Waals surface area (Å²) in [5.74, 6) is 0. The predicted octanol–water partition coefficient (Wildman–Crippen LogP) is 2.15. The summed E-state index contributed by atoms with van der Waals surface area (Å²) in [5.41, 5.74) is 4.85. The summed E-state index contributed by atoms with van der Waals surface area (Å²) in [7, 11) is 0. The van der Waals surface area contributed by atoms with Crippen molar-refractivity contribution in [1.82, 2.24) is 10.9 Å². The first-order valence-electron chi connectivity index (χ1n) is 9.75. The number of hydrazone groups is 2. The highest BCUT2D eigenvalue weighted by Crippen LogP contribution is 2.26. The van der Waals surface area contributed by atoms with E-state index in [4.69, 9.17) is 9.47 Å². The zero-order valence-corrected chi connectivity index (χ0v) is 18.1. The molecule has 9 nitrogen and oxygen atoms in total. The first-order chi connectivity index (χ1) is 14.8. The Morgan fingerprint density at radius 1 is 0.800 bits per heavy atom. The normalized spacial score (nSPS) is 17.7. The van der Waals surface area contributed by atoms with Crippen molar-refractivity contribution in [3.63, 3.8) is 0 Å². The van der Waals surface area contributed by atoms with E-state index < -0.39 is 6.03 Å². The minimum absolute atomic E-state index is 0.489. The lowest BCUT2D eigenvalue weighted by Gasteiger charge is -2.27. The number of morpholine rings is 2. The maximum Gasteiger partial charge on any atom is 0.355 e. The second-order valence-corrected chi connectivity index (χ2v) is 8.81. The second-order valence-electron chi connectivity index (χ2n) is 6.62. The molecule has 2 N–H and O–H groups in total. The van der Waals surface area contributed by atoms with Gasteiger partial charge in [-0.2, -0.15) is 10.2 Å². The smallest absolute Gasteiger partial charge is 0.355 e. The van der Waals surface area contributed by atoms with Gasteiger partial charge in [0.2, 0.25) is 0 Å². The van der Waals surface area contributed by atoms with Crippen LogP contribution >= 0.6 is 22.7 Å². The number of hydrogen-bond acceptors (Lipinski definition) is 9. The van der Waals surface area contributed by atoms with Crippen LogP contribution in [-0.2, 0) is 9.47 Å². The van der Waals surface area contributed by atoms with Gasteiger partial charge in [-0.3, -0.25) is 0 Å². The summed E-state index contributed by atoms with van der Waals surface area (Å²) < 4.78 is 10.7. The van der Waals surface area contributed by atoms with Crippen molar-refractivity contribution in [2.45, 2.75) is 0 Å². The summed E-state index contributed by atoms with van der Waals surface area (Å²) >= 11 is 3.26. The molecule has 0 bridgehead atoms. The highest BCUT2D eigenvalue weighted by molar-refractivity contribution is 7.18. The molecule has 2 aliphatic heterocycles. The van der Waals surface area contributed by atoms with Crippen LogP contribution in [0.25, 0.3) is 0 Å². The molecular formula is C19H24N6O3S2. The van der Waals surface area contributed by atoms with Crippen LogP contribution in [0.3, 0.4) is 0 Å². The number of nitrogens with one attached hydrogen (secondary N) is 2. The monoisotopic (exact) mass is 448 g/mol. The summed E-state index contributed by atoms with van der Waals surface area (Å²) in [4.78, 5) is 18.3. The second kappa shape index (κ2) is 10.5. The first kappa shape index (κ1) is 20.8. The topological polar surface area (TPSA) is 90.8 Å². The molecule has 0 spiro atoms. The molecule has 0 atom stereocenters. The van der Waals surface area contributed by atoms with Crippen molar-refractivity contribution in [2.24, 2.45) is 10.2 Å². The van der Waals surface area contributed by atoms with E-state index in [1.165, 1.54) is 10.0 Å². The van der Waals surface area contributed by atoms with Gasteiger partial charge in [0.25, 0.3) is 0 Å². The van der Waals surface area contributed by atoms with Crippen LogP contribution in [0, 0.1) is 0 Å². The highest BCUT2D eigenvalue weighted by Gasteiger charge is 2.13. The molecule has 0 radical (unpaired) electrons. The van der Waals surface area contributed by atoms with Gasteiger partial charge in [0.15, 0.2) is 0 Å². The number of rotatable bonds is 6. The maximum atomic E-state index is 11.8. The van der Waals surface area contributed by atoms with E-state index >= 15 is 0 Å². The molecule has 30 heavy (non-hydrogen) atoms. The first-order valence-corrected chi connectivity index (χ1v) is 11.4. The number of urea groups is 1. The van der Waals surface area contributed by atoms with Gasteiger partial charge in [-0.15, -0.1) is 22.7 Å². The molecule has 0 aliphatic carbocycles. The van der Waals surface area contributed by atoms with E-state index in [1.807, 2.05) is 12.1 Å². The Morgan fingerprint density at radius 3 is 1.67 bits per heavy atom. The molecular weight excluding hydrogens is 424 g/mol. The summed E-state index contributed by atoms with van der Waals surface area (Å²) in [5, 5.41) is 10.3. The van der Waals surface area contributed by atoms with Gasteiger partial charge in [0, 0.05) is 35.9 Å². The Balaban J connectivity index is 1.20. The number of carbonyl (C=O) groups is 1. The molecule has 2 aliphatic rings. The van der Waals surface area contributed by atoms with E-state index in [9.17, 15) is 4.79 Å². The Bertz CT molecular complexity index is 814. The van der Waals surface area contributed by atoms with Crippen molar-refractivity contribution in [3.05, 3.63) is 34.0 Å². The fraction of sp³-hybridized carbons (Fsp3) is 0.421. The lowest BCUT2D eigenvalue weighted by atomic mass is 10.4. The maximum absolute atomic E-state index is 11.8. The predicted molar refractivity (Wildman–Crippen MR) is 122 cm³/mol. The van der Waals surface area contributed by atoms with Gasteiger partial charge >= 0.3 is 6.03 Å². The van der Waals surface area contributed by atoms with Gasteiger partial charge < -0.3 is 19.3 Å². The molecule has 11 heteroatoms. The number of amides is 2. The lowest BCUT2D eigenvalue weighted by molar-refractivity contribution is 0.123. The van der Waals surface area contributed by atoms with Crippen LogP contribution in [0.5, 0.6) is 0 Å². The third-order valence-corrected chi connectivity index (χ3v) is 6.75. The van der Waals surface area contributed by atoms with E-state index in [2.05, 4.69) is 43.0 Å². The molecule has 2 aromatic rings. The average molecular weight is 449 g/mol. The van der Waals surface area contributed by atoms with Gasteiger partial charge in [0.1, 0.15) is 0 Å². The minimum Gasteiger partial charge on any atom is -0.378 e. The van der Waals surface area contributed by atoms with Crippen LogP contribution in [0.15, 0.2) is 34.5 Å². The molecule has 0 unspecified atom stereocenters. The number of carbonyl (C=O) groups excluding carboxylic acids is 1. The molecule has 2 amide bonds. The Morgan fingerprint density at radius 2 is 1.23 bits per heavy atom. The molecule has 160 valence electrons. The molecule has 2 saturated heterocycles. The molecule has 2 fully saturated rings. The SMILES string of the molecule is O=C(NN=Cc1ccc(N2CCOCC2)s1)NN=Cc1ccc(N2CCOCC2)s1. The molecule has 0 saturated carbocycles. The highest BCUT2D eigenvalue weighted by atomic mass is 32.1. The van der Waals surface area contributed by atoms with E-state index in [-0.39, 0.29) is 0 Å². The Labute approximate surface area is 183 Å². The Hall–Kier alpha value is -2.47. The molecule has 4 heterocycles. The zero-order chi connectivity index (χ0) is 20.6. The van der Waals surface area contributed by atoms with Crippen molar-refractivity contribution >= 4 is 51.1 Å². The largest absolute Gasteiger partial charge is 0.378 e. The fourth-order valence-corrected chi connectivity index (χ4v) is 4.93. The van der Waals surface area contributed by atoms with E-state index in [0.717, 1.165) is 62.4 Å². The summed E-state index contributed by atoms with van der Waals surface area (Å²) in [6, 6.07) is 7.61. The molecule has 0 aromatic carbocycles. The number of anilines is 2. The fourth-order valence-electron chi connectivity index (χ4n) is 3.06. The number of ether oxygens (including phenoxy) is 2. The van der Waals surface area contributed by atoms with E-state index in [0.29, 0.717) is 0 Å². The van der Waals surface area contributed by atoms with Crippen molar-refractivity contribution in [3.8, 4) is 0 Å². The lowest BCUT2D eigenvalue weighted by Crippen LogP contribution is -2.35. The van der Waals surface area contributed by atoms with Crippen molar-refractivity contribution in [2.75, 3.05) is 62.4 Å². The van der Waals surface area contributed by atoms with Crippen molar-refractivity contribution < 1.29 is 14.3 Å². The zero-order valence-electron chi connectivity index (χ0n) is 16.5. The van der Waals surface area contributed by atoms with Crippen LogP contribution in [-0.4, -0.2) is 71.1 Å². The van der Waals surface area contributed by atoms with Gasteiger partial charge in [-0.1, -0.05) is 0 Å². The third-order valence-electron chi connectivity index (χ3n) is 4.59. The third kappa shape index (κ3) is 5.79. The molecule has 2 aromatic heterocycles.